The predicted octanol–water partition coefficient (Wildman–Crippen LogP) is 0.943. The summed E-state index contributed by atoms with van der Waals surface area (Å²) in [4.78, 5) is 0. The van der Waals surface area contributed by atoms with Gasteiger partial charge in [0.2, 0.25) is 0 Å². The highest BCUT2D eigenvalue weighted by molar-refractivity contribution is 5.30. The third kappa shape index (κ3) is 1.33. The topological polar surface area (TPSA) is 35.8 Å². The van der Waals surface area contributed by atoms with Crippen molar-refractivity contribution in [1.82, 2.24) is 5.32 Å². The van der Waals surface area contributed by atoms with E-state index in [1.807, 2.05) is 19.1 Å². The van der Waals surface area contributed by atoms with Crippen molar-refractivity contribution in [3.05, 3.63) is 23.4 Å². The van der Waals surface area contributed by atoms with Crippen LogP contribution in [0.4, 0.5) is 0 Å². The third-order valence-corrected chi connectivity index (χ3v) is 1.21. The van der Waals surface area contributed by atoms with Crippen LogP contribution in [0.5, 0.6) is 0 Å². The standard InChI is InChI=1S/C7H8N2/c1-6-2-3-7(4-8)9-5-6/h2-3,9H,5H2,1H3. The second kappa shape index (κ2) is 2.36. The SMILES string of the molecule is CC1=CC=C(C#N)NC1. The maximum Gasteiger partial charge on any atom is 0.117 e. The van der Waals surface area contributed by atoms with E-state index in [9.17, 15) is 0 Å². The van der Waals surface area contributed by atoms with E-state index in [-0.39, 0.29) is 0 Å². The molecule has 0 bridgehead atoms. The molecule has 0 unspecified atom stereocenters. The van der Waals surface area contributed by atoms with Gasteiger partial charge >= 0.3 is 0 Å². The number of dihydropyridines is 1. The molecule has 0 spiro atoms. The molecule has 0 aromatic heterocycles. The zero-order valence-corrected chi connectivity index (χ0v) is 5.31. The summed E-state index contributed by atoms with van der Waals surface area (Å²) in [6.45, 7) is 2.83. The number of hydrogen-bond acceptors (Lipinski definition) is 2. The van der Waals surface area contributed by atoms with Gasteiger partial charge in [0, 0.05) is 6.54 Å². The molecule has 0 aliphatic carbocycles. The van der Waals surface area contributed by atoms with Gasteiger partial charge in [0.25, 0.3) is 0 Å². The minimum atomic E-state index is 0.653. The van der Waals surface area contributed by atoms with E-state index < -0.39 is 0 Å². The zero-order valence-electron chi connectivity index (χ0n) is 5.31. The van der Waals surface area contributed by atoms with Crippen molar-refractivity contribution in [3.63, 3.8) is 0 Å². The van der Waals surface area contributed by atoms with Crippen LogP contribution in [0.2, 0.25) is 0 Å². The normalized spacial score (nSPS) is 16.9. The van der Waals surface area contributed by atoms with Gasteiger partial charge in [0.1, 0.15) is 11.8 Å². The Hall–Kier alpha value is -1.23. The molecule has 0 saturated heterocycles. The smallest absolute Gasteiger partial charge is 0.117 e. The first kappa shape index (κ1) is 5.90. The number of allylic oxidation sites excluding steroid dienone is 3. The van der Waals surface area contributed by atoms with Crippen molar-refractivity contribution in [2.45, 2.75) is 6.92 Å². The van der Waals surface area contributed by atoms with E-state index in [1.165, 1.54) is 5.57 Å². The number of nitriles is 1. The highest BCUT2D eigenvalue weighted by Crippen LogP contribution is 2.00. The Morgan fingerprint density at radius 3 is 2.89 bits per heavy atom. The molecule has 2 heteroatoms. The molecule has 1 N–H and O–H groups in total. The summed E-state index contributed by atoms with van der Waals surface area (Å²) in [7, 11) is 0. The van der Waals surface area contributed by atoms with Crippen LogP contribution in [-0.2, 0) is 0 Å². The van der Waals surface area contributed by atoms with Crippen LogP contribution < -0.4 is 5.32 Å². The molecule has 46 valence electrons. The summed E-state index contributed by atoms with van der Waals surface area (Å²) < 4.78 is 0. The van der Waals surface area contributed by atoms with Gasteiger partial charge in [-0.05, 0) is 13.0 Å². The van der Waals surface area contributed by atoms with E-state index in [0.717, 1.165) is 6.54 Å². The van der Waals surface area contributed by atoms with Crippen molar-refractivity contribution in [1.29, 1.82) is 5.26 Å². The quantitative estimate of drug-likeness (QED) is 0.516. The van der Waals surface area contributed by atoms with Crippen LogP contribution in [0, 0.1) is 11.3 Å². The Morgan fingerprint density at radius 2 is 2.44 bits per heavy atom. The molecular weight excluding hydrogens is 112 g/mol. The summed E-state index contributed by atoms with van der Waals surface area (Å²) >= 11 is 0. The molecule has 0 radical (unpaired) electrons. The number of rotatable bonds is 0. The van der Waals surface area contributed by atoms with E-state index in [4.69, 9.17) is 5.26 Å². The van der Waals surface area contributed by atoms with E-state index in [2.05, 4.69) is 5.32 Å². The Balaban J connectivity index is 2.73. The second-order valence-corrected chi connectivity index (χ2v) is 2.06. The molecule has 0 aromatic rings. The molecule has 0 atom stereocenters. The van der Waals surface area contributed by atoms with Gasteiger partial charge < -0.3 is 5.32 Å². The van der Waals surface area contributed by atoms with Crippen molar-refractivity contribution in [2.75, 3.05) is 6.54 Å². The molecule has 1 heterocycles. The molecule has 0 saturated carbocycles. The fourth-order valence-electron chi connectivity index (χ4n) is 0.655. The van der Waals surface area contributed by atoms with Crippen molar-refractivity contribution >= 4 is 0 Å². The predicted molar refractivity (Wildman–Crippen MR) is 35.5 cm³/mol. The lowest BCUT2D eigenvalue weighted by atomic mass is 10.2. The molecular formula is C7H8N2. The van der Waals surface area contributed by atoms with Gasteiger partial charge in [-0.15, -0.1) is 0 Å². The average molecular weight is 120 g/mol. The van der Waals surface area contributed by atoms with Gasteiger partial charge in [0.05, 0.1) is 0 Å². The van der Waals surface area contributed by atoms with E-state index in [0.29, 0.717) is 5.70 Å². The largest absolute Gasteiger partial charge is 0.373 e. The monoisotopic (exact) mass is 120 g/mol. The van der Waals surface area contributed by atoms with Crippen LogP contribution >= 0.6 is 0 Å². The minimum absolute atomic E-state index is 0.653. The van der Waals surface area contributed by atoms with E-state index >= 15 is 0 Å². The van der Waals surface area contributed by atoms with Gasteiger partial charge in [0.15, 0.2) is 0 Å². The second-order valence-electron chi connectivity index (χ2n) is 2.06. The number of hydrogen-bond donors (Lipinski definition) is 1. The molecule has 0 amide bonds. The highest BCUT2D eigenvalue weighted by atomic mass is 14.9. The third-order valence-electron chi connectivity index (χ3n) is 1.21. The number of nitrogens with one attached hydrogen (secondary N) is 1. The van der Waals surface area contributed by atoms with Crippen molar-refractivity contribution in [2.24, 2.45) is 0 Å². The van der Waals surface area contributed by atoms with Crippen molar-refractivity contribution < 1.29 is 0 Å². The Bertz CT molecular complexity index is 205. The summed E-state index contributed by atoms with van der Waals surface area (Å²) in [5.74, 6) is 0. The summed E-state index contributed by atoms with van der Waals surface area (Å²) in [5, 5.41) is 11.3. The summed E-state index contributed by atoms with van der Waals surface area (Å²) in [5.41, 5.74) is 1.91. The average Bonchev–Trinajstić information content (AvgIpc) is 1.90. The Labute approximate surface area is 54.5 Å². The fraction of sp³-hybridized carbons (Fsp3) is 0.286. The van der Waals surface area contributed by atoms with Crippen LogP contribution in [0.1, 0.15) is 6.92 Å². The van der Waals surface area contributed by atoms with Gasteiger partial charge in [-0.3, -0.25) is 0 Å². The maximum atomic E-state index is 8.37. The van der Waals surface area contributed by atoms with Gasteiger partial charge in [-0.25, -0.2) is 0 Å². The first-order valence-corrected chi connectivity index (χ1v) is 2.84. The first-order valence-electron chi connectivity index (χ1n) is 2.84. The highest BCUT2D eigenvalue weighted by Gasteiger charge is 1.97. The molecule has 2 nitrogen and oxygen atoms in total. The lowest BCUT2D eigenvalue weighted by Crippen LogP contribution is -2.17. The Morgan fingerprint density at radius 1 is 1.67 bits per heavy atom. The maximum absolute atomic E-state index is 8.37. The van der Waals surface area contributed by atoms with E-state index in [1.54, 1.807) is 6.08 Å². The van der Waals surface area contributed by atoms with Crippen LogP contribution in [0.3, 0.4) is 0 Å². The number of nitrogens with zero attached hydrogens (tertiary/aromatic N) is 1. The summed E-state index contributed by atoms with van der Waals surface area (Å²) in [6, 6.07) is 2.03. The molecule has 1 rings (SSSR count). The van der Waals surface area contributed by atoms with Crippen LogP contribution in [-0.4, -0.2) is 6.54 Å². The molecule has 0 aromatic carbocycles. The first-order chi connectivity index (χ1) is 4.33. The molecule has 1 aliphatic rings. The summed E-state index contributed by atoms with van der Waals surface area (Å²) in [6.07, 6.45) is 3.74. The molecule has 0 fully saturated rings. The molecule has 9 heavy (non-hydrogen) atoms. The fourth-order valence-corrected chi connectivity index (χ4v) is 0.655. The van der Waals surface area contributed by atoms with Gasteiger partial charge in [-0.2, -0.15) is 5.26 Å². The zero-order chi connectivity index (χ0) is 6.69. The molecule has 1 aliphatic heterocycles. The van der Waals surface area contributed by atoms with Crippen LogP contribution in [0.25, 0.3) is 0 Å². The minimum Gasteiger partial charge on any atom is -0.373 e. The van der Waals surface area contributed by atoms with Crippen molar-refractivity contribution in [3.8, 4) is 6.07 Å². The lowest BCUT2D eigenvalue weighted by Gasteiger charge is -2.07. The lowest BCUT2D eigenvalue weighted by molar-refractivity contribution is 0.882. The van der Waals surface area contributed by atoms with Gasteiger partial charge in [-0.1, -0.05) is 11.6 Å². The Kier molecular flexibility index (Phi) is 1.55. The van der Waals surface area contributed by atoms with Crippen LogP contribution in [0.15, 0.2) is 23.4 Å².